The van der Waals surface area contributed by atoms with E-state index in [1.54, 1.807) is 13.1 Å². The average Bonchev–Trinajstić information content (AvgIpc) is 2.08. The van der Waals surface area contributed by atoms with Crippen molar-refractivity contribution in [2.75, 3.05) is 12.8 Å². The molecule has 12 heavy (non-hydrogen) atoms. The van der Waals surface area contributed by atoms with Crippen LogP contribution in [0, 0.1) is 6.92 Å². The maximum Gasteiger partial charge on any atom is 0.269 e. The maximum absolute atomic E-state index is 11.1. The van der Waals surface area contributed by atoms with Crippen molar-refractivity contribution < 1.29 is 4.79 Å². The number of hydrogen-bond acceptors (Lipinski definition) is 3. The van der Waals surface area contributed by atoms with E-state index in [9.17, 15) is 4.79 Å². The van der Waals surface area contributed by atoms with E-state index in [0.717, 1.165) is 5.56 Å². The Bertz CT molecular complexity index is 309. The van der Waals surface area contributed by atoms with Gasteiger partial charge < -0.3 is 11.1 Å². The first-order valence-corrected chi connectivity index (χ1v) is 3.59. The van der Waals surface area contributed by atoms with Crippen LogP contribution in [-0.2, 0) is 0 Å². The van der Waals surface area contributed by atoms with Gasteiger partial charge in [-0.3, -0.25) is 4.79 Å². The molecule has 1 rings (SSSR count). The van der Waals surface area contributed by atoms with Crippen LogP contribution in [-0.4, -0.2) is 17.9 Å². The fraction of sp³-hybridized carbons (Fsp3) is 0.250. The van der Waals surface area contributed by atoms with E-state index in [0.29, 0.717) is 11.4 Å². The van der Waals surface area contributed by atoms with Gasteiger partial charge in [0.15, 0.2) is 0 Å². The molecular weight excluding hydrogens is 154 g/mol. The van der Waals surface area contributed by atoms with E-state index in [-0.39, 0.29) is 5.91 Å². The summed E-state index contributed by atoms with van der Waals surface area (Å²) >= 11 is 0. The van der Waals surface area contributed by atoms with Crippen LogP contribution in [0.2, 0.25) is 0 Å². The van der Waals surface area contributed by atoms with Gasteiger partial charge in [-0.2, -0.15) is 0 Å². The molecule has 1 aromatic heterocycles. The van der Waals surface area contributed by atoms with E-state index < -0.39 is 0 Å². The predicted octanol–water partition coefficient (Wildman–Crippen LogP) is 0.332. The molecule has 4 nitrogen and oxygen atoms in total. The minimum atomic E-state index is -0.196. The van der Waals surface area contributed by atoms with Crippen molar-refractivity contribution >= 4 is 11.6 Å². The molecule has 0 aliphatic rings. The van der Waals surface area contributed by atoms with Crippen molar-refractivity contribution in [2.24, 2.45) is 0 Å². The Balaban J connectivity index is 3.05. The van der Waals surface area contributed by atoms with Crippen molar-refractivity contribution in [3.05, 3.63) is 23.5 Å². The molecular formula is C8H11N3O. The Morgan fingerprint density at radius 3 is 2.83 bits per heavy atom. The highest BCUT2D eigenvalue weighted by atomic mass is 16.1. The molecule has 0 aliphatic heterocycles. The lowest BCUT2D eigenvalue weighted by Crippen LogP contribution is -2.19. The van der Waals surface area contributed by atoms with Crippen LogP contribution in [0.5, 0.6) is 0 Å². The van der Waals surface area contributed by atoms with E-state index in [2.05, 4.69) is 10.3 Å². The Morgan fingerprint density at radius 2 is 2.33 bits per heavy atom. The molecule has 1 heterocycles. The van der Waals surface area contributed by atoms with Crippen molar-refractivity contribution in [1.82, 2.24) is 10.3 Å². The summed E-state index contributed by atoms with van der Waals surface area (Å²) in [5.74, 6) is -0.196. The number of carbonyl (C=O) groups is 1. The minimum absolute atomic E-state index is 0.196. The zero-order valence-corrected chi connectivity index (χ0v) is 7.09. The highest BCUT2D eigenvalue weighted by Gasteiger charge is 2.04. The van der Waals surface area contributed by atoms with Crippen LogP contribution in [0.4, 0.5) is 5.69 Å². The van der Waals surface area contributed by atoms with Gasteiger partial charge in [-0.1, -0.05) is 0 Å². The lowest BCUT2D eigenvalue weighted by Gasteiger charge is -2.01. The molecule has 0 unspecified atom stereocenters. The smallest absolute Gasteiger partial charge is 0.269 e. The van der Waals surface area contributed by atoms with Gasteiger partial charge in [-0.25, -0.2) is 4.98 Å². The molecule has 4 heteroatoms. The van der Waals surface area contributed by atoms with Crippen LogP contribution >= 0.6 is 0 Å². The number of amides is 1. The number of carbonyl (C=O) groups excluding carboxylic acids is 1. The summed E-state index contributed by atoms with van der Waals surface area (Å²) in [6.07, 6.45) is 1.49. The minimum Gasteiger partial charge on any atom is -0.397 e. The van der Waals surface area contributed by atoms with Crippen LogP contribution in [0.3, 0.4) is 0 Å². The lowest BCUT2D eigenvalue weighted by molar-refractivity contribution is 0.0958. The standard InChI is InChI=1S/C8H11N3O/c1-5-3-7(8(12)10-2)11-4-6(5)9/h3-4H,9H2,1-2H3,(H,10,12). The van der Waals surface area contributed by atoms with Gasteiger partial charge in [0.05, 0.1) is 11.9 Å². The second kappa shape index (κ2) is 3.21. The third kappa shape index (κ3) is 1.53. The second-order valence-electron chi connectivity index (χ2n) is 2.51. The normalized spacial score (nSPS) is 9.50. The number of hydrogen-bond donors (Lipinski definition) is 2. The molecule has 0 bridgehead atoms. The Hall–Kier alpha value is -1.58. The Kier molecular flexibility index (Phi) is 2.28. The third-order valence-corrected chi connectivity index (χ3v) is 1.61. The van der Waals surface area contributed by atoms with Gasteiger partial charge in [-0.15, -0.1) is 0 Å². The summed E-state index contributed by atoms with van der Waals surface area (Å²) in [5, 5.41) is 2.49. The molecule has 1 amide bonds. The van der Waals surface area contributed by atoms with Crippen molar-refractivity contribution in [1.29, 1.82) is 0 Å². The first-order chi connectivity index (χ1) is 5.65. The number of nitrogens with one attached hydrogen (secondary N) is 1. The van der Waals surface area contributed by atoms with Crippen LogP contribution in [0.15, 0.2) is 12.3 Å². The van der Waals surface area contributed by atoms with Crippen molar-refractivity contribution in [3.8, 4) is 0 Å². The van der Waals surface area contributed by atoms with E-state index in [1.807, 2.05) is 6.92 Å². The van der Waals surface area contributed by atoms with E-state index in [4.69, 9.17) is 5.73 Å². The van der Waals surface area contributed by atoms with Gasteiger partial charge >= 0.3 is 0 Å². The summed E-state index contributed by atoms with van der Waals surface area (Å²) in [5.41, 5.74) is 7.39. The molecule has 0 aromatic carbocycles. The van der Waals surface area contributed by atoms with Gasteiger partial charge in [0.25, 0.3) is 5.91 Å². The number of anilines is 1. The molecule has 0 radical (unpaired) electrons. The van der Waals surface area contributed by atoms with Gasteiger partial charge in [-0.05, 0) is 18.6 Å². The molecule has 0 saturated carbocycles. The first-order valence-electron chi connectivity index (χ1n) is 3.59. The van der Waals surface area contributed by atoms with Crippen molar-refractivity contribution in [3.63, 3.8) is 0 Å². The largest absolute Gasteiger partial charge is 0.397 e. The zero-order chi connectivity index (χ0) is 9.14. The zero-order valence-electron chi connectivity index (χ0n) is 7.09. The van der Waals surface area contributed by atoms with E-state index >= 15 is 0 Å². The fourth-order valence-electron chi connectivity index (χ4n) is 0.819. The van der Waals surface area contributed by atoms with E-state index in [1.165, 1.54) is 6.20 Å². The number of aromatic nitrogens is 1. The van der Waals surface area contributed by atoms with Crippen LogP contribution in [0.1, 0.15) is 16.1 Å². The second-order valence-corrected chi connectivity index (χ2v) is 2.51. The predicted molar refractivity (Wildman–Crippen MR) is 46.8 cm³/mol. The first kappa shape index (κ1) is 8.52. The molecule has 0 atom stereocenters. The van der Waals surface area contributed by atoms with Gasteiger partial charge in [0.2, 0.25) is 0 Å². The maximum atomic E-state index is 11.1. The third-order valence-electron chi connectivity index (χ3n) is 1.61. The average molecular weight is 165 g/mol. The summed E-state index contributed by atoms with van der Waals surface area (Å²) in [7, 11) is 1.57. The van der Waals surface area contributed by atoms with Gasteiger partial charge in [0, 0.05) is 7.05 Å². The summed E-state index contributed by atoms with van der Waals surface area (Å²) < 4.78 is 0. The fourth-order valence-corrected chi connectivity index (χ4v) is 0.819. The summed E-state index contributed by atoms with van der Waals surface area (Å²) in [4.78, 5) is 14.9. The monoisotopic (exact) mass is 165 g/mol. The topological polar surface area (TPSA) is 68.0 Å². The quantitative estimate of drug-likeness (QED) is 0.630. The molecule has 3 N–H and O–H groups in total. The molecule has 0 spiro atoms. The Morgan fingerprint density at radius 1 is 1.67 bits per heavy atom. The molecule has 64 valence electrons. The van der Waals surface area contributed by atoms with Gasteiger partial charge in [0.1, 0.15) is 5.69 Å². The highest BCUT2D eigenvalue weighted by Crippen LogP contribution is 2.08. The number of pyridine rings is 1. The number of rotatable bonds is 1. The van der Waals surface area contributed by atoms with Crippen molar-refractivity contribution in [2.45, 2.75) is 6.92 Å². The lowest BCUT2D eigenvalue weighted by atomic mass is 10.2. The number of aryl methyl sites for hydroxylation is 1. The van der Waals surface area contributed by atoms with Crippen LogP contribution < -0.4 is 11.1 Å². The van der Waals surface area contributed by atoms with Crippen LogP contribution in [0.25, 0.3) is 0 Å². The Labute approximate surface area is 70.8 Å². The molecule has 0 aliphatic carbocycles. The summed E-state index contributed by atoms with van der Waals surface area (Å²) in [6, 6.07) is 1.66. The number of nitrogens with zero attached hydrogens (tertiary/aromatic N) is 1. The molecule has 0 fully saturated rings. The molecule has 1 aromatic rings. The molecule has 0 saturated heterocycles. The number of nitrogens with two attached hydrogens (primary N) is 1. The number of nitrogen functional groups attached to an aromatic ring is 1. The highest BCUT2D eigenvalue weighted by molar-refractivity contribution is 5.92. The SMILES string of the molecule is CNC(=O)c1cc(C)c(N)cn1. The summed E-state index contributed by atoms with van der Waals surface area (Å²) in [6.45, 7) is 1.84.